The van der Waals surface area contributed by atoms with Crippen molar-refractivity contribution in [3.05, 3.63) is 18.2 Å². The van der Waals surface area contributed by atoms with Gasteiger partial charge < -0.3 is 4.57 Å². The van der Waals surface area contributed by atoms with E-state index in [4.69, 9.17) is 11.6 Å². The molecule has 1 atom stereocenters. The van der Waals surface area contributed by atoms with Gasteiger partial charge in [-0.15, -0.1) is 11.6 Å². The van der Waals surface area contributed by atoms with Crippen molar-refractivity contribution in [1.29, 1.82) is 0 Å². The summed E-state index contributed by atoms with van der Waals surface area (Å²) in [6, 6.07) is 0. The highest BCUT2D eigenvalue weighted by Crippen LogP contribution is 2.13. The van der Waals surface area contributed by atoms with Gasteiger partial charge in [-0.1, -0.05) is 20.8 Å². The Labute approximate surface area is 84.9 Å². The van der Waals surface area contributed by atoms with Crippen LogP contribution in [-0.2, 0) is 6.54 Å². The van der Waals surface area contributed by atoms with E-state index in [-0.39, 0.29) is 0 Å². The van der Waals surface area contributed by atoms with Gasteiger partial charge in [0.25, 0.3) is 0 Å². The Morgan fingerprint density at radius 3 is 2.69 bits per heavy atom. The minimum absolute atomic E-state index is 0.484. The number of halogens is 1. The lowest BCUT2D eigenvalue weighted by atomic mass is 10.2. The molecular formula is C10H17ClN2. The van der Waals surface area contributed by atoms with Crippen LogP contribution in [0.25, 0.3) is 0 Å². The fourth-order valence-corrected chi connectivity index (χ4v) is 1.46. The summed E-state index contributed by atoms with van der Waals surface area (Å²) in [6.07, 6.45) is 3.88. The van der Waals surface area contributed by atoms with Gasteiger partial charge in [-0.05, 0) is 5.92 Å². The van der Waals surface area contributed by atoms with E-state index in [0.717, 1.165) is 12.4 Å². The molecular weight excluding hydrogens is 184 g/mol. The summed E-state index contributed by atoms with van der Waals surface area (Å²) < 4.78 is 2.19. The maximum atomic E-state index is 5.77. The van der Waals surface area contributed by atoms with E-state index in [1.54, 1.807) is 0 Å². The number of hydrogen-bond acceptors (Lipinski definition) is 1. The van der Waals surface area contributed by atoms with Crippen molar-refractivity contribution in [3.63, 3.8) is 0 Å². The van der Waals surface area contributed by atoms with Gasteiger partial charge in [0.15, 0.2) is 0 Å². The minimum Gasteiger partial charge on any atom is -0.334 e. The molecule has 0 saturated heterocycles. The number of aromatic nitrogens is 2. The van der Waals surface area contributed by atoms with Gasteiger partial charge in [-0.25, -0.2) is 4.98 Å². The lowest BCUT2D eigenvalue weighted by Gasteiger charge is -2.13. The number of nitrogens with zero attached hydrogens (tertiary/aromatic N) is 2. The van der Waals surface area contributed by atoms with Crippen molar-refractivity contribution in [3.8, 4) is 0 Å². The van der Waals surface area contributed by atoms with Crippen molar-refractivity contribution < 1.29 is 0 Å². The maximum absolute atomic E-state index is 5.77. The molecule has 0 fully saturated rings. The summed E-state index contributed by atoms with van der Waals surface area (Å²) in [7, 11) is 0. The molecule has 0 radical (unpaired) electrons. The monoisotopic (exact) mass is 200 g/mol. The first-order valence-electron chi connectivity index (χ1n) is 4.72. The van der Waals surface area contributed by atoms with E-state index in [0.29, 0.717) is 17.7 Å². The molecule has 0 aliphatic carbocycles. The predicted molar refractivity (Wildman–Crippen MR) is 56.2 cm³/mol. The largest absolute Gasteiger partial charge is 0.334 e. The lowest BCUT2D eigenvalue weighted by Crippen LogP contribution is -2.11. The lowest BCUT2D eigenvalue weighted by molar-refractivity contribution is 0.502. The van der Waals surface area contributed by atoms with Crippen LogP contribution >= 0.6 is 11.6 Å². The molecule has 1 heterocycles. The fourth-order valence-electron chi connectivity index (χ4n) is 1.36. The van der Waals surface area contributed by atoms with Crippen molar-refractivity contribution >= 4 is 11.6 Å². The maximum Gasteiger partial charge on any atom is 0.111 e. The Kier molecular flexibility index (Phi) is 3.79. The van der Waals surface area contributed by atoms with Gasteiger partial charge >= 0.3 is 0 Å². The first kappa shape index (κ1) is 10.6. The van der Waals surface area contributed by atoms with Gasteiger partial charge in [0.2, 0.25) is 0 Å². The van der Waals surface area contributed by atoms with E-state index in [9.17, 15) is 0 Å². The highest BCUT2D eigenvalue weighted by atomic mass is 35.5. The molecule has 1 aromatic rings. The van der Waals surface area contributed by atoms with Crippen molar-refractivity contribution in [2.24, 2.45) is 5.92 Å². The van der Waals surface area contributed by atoms with Crippen LogP contribution in [0, 0.1) is 5.92 Å². The number of imidazole rings is 1. The van der Waals surface area contributed by atoms with E-state index in [2.05, 4.69) is 30.3 Å². The molecule has 1 rings (SSSR count). The zero-order chi connectivity index (χ0) is 9.84. The van der Waals surface area contributed by atoms with Crippen molar-refractivity contribution in [2.45, 2.75) is 33.2 Å². The van der Waals surface area contributed by atoms with Crippen LogP contribution in [0.1, 0.15) is 32.5 Å². The number of rotatable bonds is 4. The second kappa shape index (κ2) is 4.66. The topological polar surface area (TPSA) is 17.8 Å². The molecule has 13 heavy (non-hydrogen) atoms. The zero-order valence-corrected chi connectivity index (χ0v) is 9.25. The molecule has 0 amide bonds. The minimum atomic E-state index is 0.484. The molecule has 2 nitrogen and oxygen atoms in total. The third-order valence-electron chi connectivity index (χ3n) is 2.04. The first-order chi connectivity index (χ1) is 6.15. The Hall–Kier alpha value is -0.500. The van der Waals surface area contributed by atoms with Crippen LogP contribution in [0.3, 0.4) is 0 Å². The summed E-state index contributed by atoms with van der Waals surface area (Å²) in [4.78, 5) is 4.32. The molecule has 1 aromatic heterocycles. The Morgan fingerprint density at radius 1 is 1.46 bits per heavy atom. The van der Waals surface area contributed by atoms with E-state index < -0.39 is 0 Å². The van der Waals surface area contributed by atoms with Crippen molar-refractivity contribution in [2.75, 3.05) is 5.88 Å². The zero-order valence-electron chi connectivity index (χ0n) is 8.50. The summed E-state index contributed by atoms with van der Waals surface area (Å²) in [6.45, 7) is 7.43. The summed E-state index contributed by atoms with van der Waals surface area (Å²) in [5.74, 6) is 2.85. The van der Waals surface area contributed by atoms with Crippen molar-refractivity contribution in [1.82, 2.24) is 9.55 Å². The van der Waals surface area contributed by atoms with Crippen LogP contribution in [0.2, 0.25) is 0 Å². The second-order valence-electron chi connectivity index (χ2n) is 3.85. The van der Waals surface area contributed by atoms with Crippen LogP contribution in [-0.4, -0.2) is 15.4 Å². The molecule has 1 unspecified atom stereocenters. The average molecular weight is 201 g/mol. The fraction of sp³-hybridized carbons (Fsp3) is 0.700. The Bertz CT molecular complexity index is 255. The highest BCUT2D eigenvalue weighted by molar-refractivity contribution is 6.18. The molecule has 0 saturated carbocycles. The van der Waals surface area contributed by atoms with Crippen LogP contribution in [0.5, 0.6) is 0 Å². The number of hydrogen-bond donors (Lipinski definition) is 0. The molecule has 3 heteroatoms. The normalized spacial score (nSPS) is 13.6. The van der Waals surface area contributed by atoms with Crippen LogP contribution in [0.4, 0.5) is 0 Å². The van der Waals surface area contributed by atoms with Gasteiger partial charge in [0.1, 0.15) is 5.82 Å². The van der Waals surface area contributed by atoms with Gasteiger partial charge in [0, 0.05) is 30.7 Å². The summed E-state index contributed by atoms with van der Waals surface area (Å²) >= 11 is 5.77. The van der Waals surface area contributed by atoms with Gasteiger partial charge in [-0.3, -0.25) is 0 Å². The molecule has 0 spiro atoms. The van der Waals surface area contributed by atoms with E-state index in [1.165, 1.54) is 0 Å². The van der Waals surface area contributed by atoms with Crippen LogP contribution < -0.4 is 0 Å². The third-order valence-corrected chi connectivity index (χ3v) is 2.56. The standard InChI is InChI=1S/C10H17ClN2/c1-8(2)10-12-4-5-13(10)7-9(3)6-11/h4-5,8-9H,6-7H2,1-3H3. The summed E-state index contributed by atoms with van der Waals surface area (Å²) in [5, 5.41) is 0. The van der Waals surface area contributed by atoms with E-state index >= 15 is 0 Å². The molecule has 0 aliphatic heterocycles. The SMILES string of the molecule is CC(CCl)Cn1ccnc1C(C)C. The molecule has 74 valence electrons. The molecule has 0 N–H and O–H groups in total. The quantitative estimate of drug-likeness (QED) is 0.684. The highest BCUT2D eigenvalue weighted by Gasteiger charge is 2.09. The predicted octanol–water partition coefficient (Wildman–Crippen LogP) is 2.88. The van der Waals surface area contributed by atoms with Gasteiger partial charge in [-0.2, -0.15) is 0 Å². The van der Waals surface area contributed by atoms with E-state index in [1.807, 2.05) is 12.4 Å². The first-order valence-corrected chi connectivity index (χ1v) is 5.25. The second-order valence-corrected chi connectivity index (χ2v) is 4.16. The Morgan fingerprint density at radius 2 is 2.15 bits per heavy atom. The molecule has 0 bridgehead atoms. The number of alkyl halides is 1. The Balaban J connectivity index is 2.70. The molecule has 0 aliphatic rings. The van der Waals surface area contributed by atoms with Crippen LogP contribution in [0.15, 0.2) is 12.4 Å². The van der Waals surface area contributed by atoms with Gasteiger partial charge in [0.05, 0.1) is 0 Å². The average Bonchev–Trinajstić information content (AvgIpc) is 2.52. The smallest absolute Gasteiger partial charge is 0.111 e. The summed E-state index contributed by atoms with van der Waals surface area (Å²) in [5.41, 5.74) is 0. The molecule has 0 aromatic carbocycles. The third kappa shape index (κ3) is 2.73.